The molecule has 0 spiro atoms. The molecule has 0 amide bonds. The fourth-order valence-corrected chi connectivity index (χ4v) is 3.24. The van der Waals surface area contributed by atoms with Gasteiger partial charge in [0.25, 0.3) is 10.2 Å². The summed E-state index contributed by atoms with van der Waals surface area (Å²) in [5.41, 5.74) is 1.07. The summed E-state index contributed by atoms with van der Waals surface area (Å²) < 4.78 is 27.5. The lowest BCUT2D eigenvalue weighted by atomic mass is 9.94. The number of phenols is 1. The monoisotopic (exact) mass is 329 g/mol. The molecule has 1 aromatic carbocycles. The van der Waals surface area contributed by atoms with Crippen molar-refractivity contribution < 1.29 is 18.6 Å². The average molecular weight is 329 g/mol. The maximum atomic E-state index is 11.5. The van der Waals surface area contributed by atoms with Crippen LogP contribution in [-0.4, -0.2) is 44.4 Å². The minimum atomic E-state index is -3.67. The van der Waals surface area contributed by atoms with Gasteiger partial charge in [0.15, 0.2) is 0 Å². The Hall–Kier alpha value is -1.35. The molecule has 1 heterocycles. The summed E-state index contributed by atoms with van der Waals surface area (Å²) in [6.07, 6.45) is 3.75. The fraction of sp³-hybridized carbons (Fsp3) is 0.571. The number of rotatable bonds is 6. The van der Waals surface area contributed by atoms with Crippen molar-refractivity contribution in [3.63, 3.8) is 0 Å². The van der Waals surface area contributed by atoms with Crippen LogP contribution in [0.4, 0.5) is 5.69 Å². The number of piperidine rings is 1. The van der Waals surface area contributed by atoms with E-state index in [1.807, 2.05) is 0 Å². The predicted molar refractivity (Wildman–Crippen MR) is 85.1 cm³/mol. The van der Waals surface area contributed by atoms with Crippen molar-refractivity contribution in [1.82, 2.24) is 10.0 Å². The maximum Gasteiger partial charge on any atom is 0.298 e. The first-order chi connectivity index (χ1) is 10.4. The zero-order valence-corrected chi connectivity index (χ0v) is 13.4. The van der Waals surface area contributed by atoms with E-state index in [1.165, 1.54) is 13.1 Å². The normalized spacial score (nSPS) is 22.5. The zero-order chi connectivity index (χ0) is 16.2. The number of phenolic OH excluding ortho intramolecular Hbond substituents is 1. The highest BCUT2D eigenvalue weighted by molar-refractivity contribution is 7.90. The molecule has 7 nitrogen and oxygen atoms in total. The lowest BCUT2D eigenvalue weighted by Crippen LogP contribution is -2.45. The Bertz CT molecular complexity index is 606. The van der Waals surface area contributed by atoms with Crippen molar-refractivity contribution in [2.75, 3.05) is 18.4 Å². The molecule has 0 saturated carbocycles. The smallest absolute Gasteiger partial charge is 0.298 e. The van der Waals surface area contributed by atoms with Gasteiger partial charge in [-0.25, -0.2) is 4.72 Å². The van der Waals surface area contributed by atoms with Gasteiger partial charge in [0, 0.05) is 19.1 Å². The second-order valence-corrected chi connectivity index (χ2v) is 7.16. The van der Waals surface area contributed by atoms with E-state index in [2.05, 4.69) is 14.8 Å². The SMILES string of the molecule is CNS(=O)(=O)Nc1cc(CC2CCCC(CO)N2)ccc1O. The molecule has 1 saturated heterocycles. The third-order valence-electron chi connectivity index (χ3n) is 3.85. The Kier molecular flexibility index (Phi) is 5.63. The van der Waals surface area contributed by atoms with Crippen molar-refractivity contribution >= 4 is 15.9 Å². The van der Waals surface area contributed by atoms with Gasteiger partial charge in [-0.3, -0.25) is 4.72 Å². The lowest BCUT2D eigenvalue weighted by Gasteiger charge is -2.30. The van der Waals surface area contributed by atoms with Crippen LogP contribution in [0.3, 0.4) is 0 Å². The highest BCUT2D eigenvalue weighted by atomic mass is 32.2. The number of aromatic hydroxyl groups is 1. The second kappa shape index (κ2) is 7.28. The maximum absolute atomic E-state index is 11.5. The van der Waals surface area contributed by atoms with Crippen LogP contribution in [-0.2, 0) is 16.6 Å². The van der Waals surface area contributed by atoms with Gasteiger partial charge in [-0.05, 0) is 37.0 Å². The first kappa shape index (κ1) is 17.0. The van der Waals surface area contributed by atoms with Gasteiger partial charge >= 0.3 is 0 Å². The minimum Gasteiger partial charge on any atom is -0.506 e. The first-order valence-electron chi connectivity index (χ1n) is 7.33. The van der Waals surface area contributed by atoms with Crippen LogP contribution in [0, 0.1) is 0 Å². The Morgan fingerprint density at radius 1 is 1.32 bits per heavy atom. The first-order valence-corrected chi connectivity index (χ1v) is 8.82. The van der Waals surface area contributed by atoms with Gasteiger partial charge in [-0.1, -0.05) is 12.5 Å². The number of hydrogen-bond acceptors (Lipinski definition) is 5. The molecule has 0 aliphatic carbocycles. The number of nitrogens with one attached hydrogen (secondary N) is 3. The molecule has 5 N–H and O–H groups in total. The van der Waals surface area contributed by atoms with Crippen LogP contribution in [0.1, 0.15) is 24.8 Å². The molecule has 0 radical (unpaired) electrons. The van der Waals surface area contributed by atoms with E-state index in [0.29, 0.717) is 6.42 Å². The van der Waals surface area contributed by atoms with E-state index in [4.69, 9.17) is 0 Å². The minimum absolute atomic E-state index is 0.118. The zero-order valence-electron chi connectivity index (χ0n) is 12.5. The Labute approximate surface area is 130 Å². The van der Waals surface area contributed by atoms with Crippen LogP contribution in [0.5, 0.6) is 5.75 Å². The third-order valence-corrected chi connectivity index (χ3v) is 4.88. The van der Waals surface area contributed by atoms with E-state index in [9.17, 15) is 18.6 Å². The summed E-state index contributed by atoms with van der Waals surface area (Å²) in [5, 5.41) is 22.4. The lowest BCUT2D eigenvalue weighted by molar-refractivity contribution is 0.197. The Morgan fingerprint density at radius 3 is 2.73 bits per heavy atom. The Morgan fingerprint density at radius 2 is 2.05 bits per heavy atom. The molecule has 0 aromatic heterocycles. The van der Waals surface area contributed by atoms with E-state index >= 15 is 0 Å². The van der Waals surface area contributed by atoms with Crippen molar-refractivity contribution in [3.8, 4) is 5.75 Å². The molecule has 1 aliphatic heterocycles. The van der Waals surface area contributed by atoms with Gasteiger partial charge in [0.2, 0.25) is 0 Å². The van der Waals surface area contributed by atoms with Crippen molar-refractivity contribution in [2.24, 2.45) is 0 Å². The van der Waals surface area contributed by atoms with Crippen molar-refractivity contribution in [1.29, 1.82) is 0 Å². The average Bonchev–Trinajstić information content (AvgIpc) is 2.50. The predicted octanol–water partition coefficient (Wildman–Crippen LogP) is 0.314. The fourth-order valence-electron chi connectivity index (χ4n) is 2.69. The molecular weight excluding hydrogens is 306 g/mol. The highest BCUT2D eigenvalue weighted by Crippen LogP contribution is 2.26. The number of benzene rings is 1. The summed E-state index contributed by atoms with van der Waals surface area (Å²) in [6, 6.07) is 5.25. The second-order valence-electron chi connectivity index (χ2n) is 5.54. The molecule has 1 aromatic rings. The molecule has 22 heavy (non-hydrogen) atoms. The molecule has 0 bridgehead atoms. The van der Waals surface area contributed by atoms with Crippen molar-refractivity contribution in [3.05, 3.63) is 23.8 Å². The quantitative estimate of drug-likeness (QED) is 0.483. The number of aliphatic hydroxyl groups excluding tert-OH is 1. The van der Waals surface area contributed by atoms with Crippen LogP contribution in [0.15, 0.2) is 18.2 Å². The summed E-state index contributed by atoms with van der Waals surface area (Å²) >= 11 is 0. The topological polar surface area (TPSA) is 111 Å². The molecule has 2 rings (SSSR count). The largest absolute Gasteiger partial charge is 0.506 e. The molecule has 124 valence electrons. The molecule has 1 fully saturated rings. The standard InChI is InChI=1S/C14H23N3O4S/c1-15-22(20,21)17-13-8-10(5-6-14(13)19)7-11-3-2-4-12(9-18)16-11/h5-6,8,11-12,15-19H,2-4,7,9H2,1H3. The Balaban J connectivity index is 2.09. The number of aliphatic hydroxyl groups is 1. The number of hydrogen-bond donors (Lipinski definition) is 5. The summed E-state index contributed by atoms with van der Waals surface area (Å²) in [4.78, 5) is 0. The van der Waals surface area contributed by atoms with E-state index in [-0.39, 0.29) is 30.1 Å². The van der Waals surface area contributed by atoms with Gasteiger partial charge in [0.1, 0.15) is 5.75 Å². The van der Waals surface area contributed by atoms with Gasteiger partial charge in [-0.15, -0.1) is 0 Å². The van der Waals surface area contributed by atoms with Crippen LogP contribution < -0.4 is 14.8 Å². The molecule has 2 atom stereocenters. The highest BCUT2D eigenvalue weighted by Gasteiger charge is 2.21. The summed E-state index contributed by atoms with van der Waals surface area (Å²) in [7, 11) is -2.37. The molecular formula is C14H23N3O4S. The van der Waals surface area contributed by atoms with Crippen LogP contribution in [0.25, 0.3) is 0 Å². The summed E-state index contributed by atoms with van der Waals surface area (Å²) in [5.74, 6) is -0.118. The van der Waals surface area contributed by atoms with Crippen LogP contribution >= 0.6 is 0 Å². The molecule has 8 heteroatoms. The molecule has 2 unspecified atom stereocenters. The van der Waals surface area contributed by atoms with Gasteiger partial charge in [0.05, 0.1) is 12.3 Å². The van der Waals surface area contributed by atoms with Gasteiger partial charge < -0.3 is 15.5 Å². The summed E-state index contributed by atoms with van der Waals surface area (Å²) in [6.45, 7) is 0.124. The van der Waals surface area contributed by atoms with E-state index in [0.717, 1.165) is 24.8 Å². The van der Waals surface area contributed by atoms with E-state index in [1.54, 1.807) is 12.1 Å². The number of anilines is 1. The van der Waals surface area contributed by atoms with Gasteiger partial charge in [-0.2, -0.15) is 8.42 Å². The van der Waals surface area contributed by atoms with E-state index < -0.39 is 10.2 Å². The van der Waals surface area contributed by atoms with Crippen LogP contribution in [0.2, 0.25) is 0 Å². The van der Waals surface area contributed by atoms with Crippen molar-refractivity contribution in [2.45, 2.75) is 37.8 Å². The third kappa shape index (κ3) is 4.57. The molecule has 1 aliphatic rings.